The van der Waals surface area contributed by atoms with E-state index in [0.29, 0.717) is 28.8 Å². The van der Waals surface area contributed by atoms with Gasteiger partial charge < -0.3 is 19.5 Å². The average Bonchev–Trinajstić information content (AvgIpc) is 3.13. The molecule has 27 heavy (non-hydrogen) atoms. The number of ether oxygens (including phenoxy) is 3. The summed E-state index contributed by atoms with van der Waals surface area (Å²) in [6.45, 7) is 0.335. The van der Waals surface area contributed by atoms with Crippen molar-refractivity contribution in [3.8, 4) is 17.2 Å². The fourth-order valence-electron chi connectivity index (χ4n) is 2.28. The summed E-state index contributed by atoms with van der Waals surface area (Å²) >= 11 is 1.32. The zero-order valence-corrected chi connectivity index (χ0v) is 15.5. The number of aromatic nitrogens is 1. The first-order valence-electron chi connectivity index (χ1n) is 7.96. The van der Waals surface area contributed by atoms with Crippen molar-refractivity contribution in [3.05, 3.63) is 64.4 Å². The lowest BCUT2D eigenvalue weighted by Crippen LogP contribution is -2.12. The number of halogens is 1. The predicted molar refractivity (Wildman–Crippen MR) is 100 cm³/mol. The first-order chi connectivity index (χ1) is 13.1. The van der Waals surface area contributed by atoms with E-state index in [9.17, 15) is 9.18 Å². The molecular formula is C19H17FN2O4S. The fourth-order valence-corrected chi connectivity index (χ4v) is 3.03. The quantitative estimate of drug-likeness (QED) is 0.646. The molecule has 0 spiro atoms. The second-order valence-electron chi connectivity index (χ2n) is 5.41. The van der Waals surface area contributed by atoms with Gasteiger partial charge in [0, 0.05) is 24.2 Å². The molecule has 1 heterocycles. The van der Waals surface area contributed by atoms with Crippen LogP contribution in [0.5, 0.6) is 17.2 Å². The third-order valence-corrected chi connectivity index (χ3v) is 4.35. The summed E-state index contributed by atoms with van der Waals surface area (Å²) < 4.78 is 30.1. The van der Waals surface area contributed by atoms with E-state index in [1.54, 1.807) is 42.8 Å². The number of thiazole rings is 1. The highest BCUT2D eigenvalue weighted by molar-refractivity contribution is 7.09. The van der Waals surface area contributed by atoms with E-state index in [4.69, 9.17) is 14.2 Å². The average molecular weight is 388 g/mol. The van der Waals surface area contributed by atoms with Crippen LogP contribution < -0.4 is 14.8 Å². The number of rotatable bonds is 7. The SMILES string of the molecule is COCc1nc(C(=O)Nc2ccc(Oc3ccccc3OC)c(F)c2)cs1. The second kappa shape index (κ2) is 8.61. The van der Waals surface area contributed by atoms with Crippen LogP contribution in [0.15, 0.2) is 47.8 Å². The summed E-state index contributed by atoms with van der Waals surface area (Å²) in [5.74, 6) is -0.134. The number of anilines is 1. The molecule has 0 saturated carbocycles. The Morgan fingerprint density at radius 1 is 1.15 bits per heavy atom. The summed E-state index contributed by atoms with van der Waals surface area (Å²) in [7, 11) is 3.06. The van der Waals surface area contributed by atoms with Crippen LogP contribution in [-0.2, 0) is 11.3 Å². The summed E-state index contributed by atoms with van der Waals surface area (Å²) in [5, 5.41) is 4.93. The Labute approximate surface area is 159 Å². The van der Waals surface area contributed by atoms with Crippen molar-refractivity contribution in [1.82, 2.24) is 4.98 Å². The molecule has 0 aliphatic rings. The van der Waals surface area contributed by atoms with Crippen molar-refractivity contribution in [2.45, 2.75) is 6.61 Å². The van der Waals surface area contributed by atoms with Gasteiger partial charge in [0.2, 0.25) is 0 Å². The van der Waals surface area contributed by atoms with Crippen LogP contribution in [0.2, 0.25) is 0 Å². The first-order valence-corrected chi connectivity index (χ1v) is 8.83. The first kappa shape index (κ1) is 18.8. The Balaban J connectivity index is 1.71. The van der Waals surface area contributed by atoms with Gasteiger partial charge in [0.15, 0.2) is 23.1 Å². The van der Waals surface area contributed by atoms with Crippen molar-refractivity contribution >= 4 is 22.9 Å². The maximum Gasteiger partial charge on any atom is 0.275 e. The molecule has 0 bridgehead atoms. The van der Waals surface area contributed by atoms with Crippen LogP contribution in [0.1, 0.15) is 15.5 Å². The maximum atomic E-state index is 14.4. The number of carbonyl (C=O) groups excluding carboxylic acids is 1. The topological polar surface area (TPSA) is 69.7 Å². The molecule has 0 unspecified atom stereocenters. The second-order valence-corrected chi connectivity index (χ2v) is 6.35. The van der Waals surface area contributed by atoms with Crippen molar-refractivity contribution in [3.63, 3.8) is 0 Å². The Bertz CT molecular complexity index is 945. The monoisotopic (exact) mass is 388 g/mol. The minimum absolute atomic E-state index is 0.0218. The zero-order chi connectivity index (χ0) is 19.2. The highest BCUT2D eigenvalue weighted by Gasteiger charge is 2.14. The van der Waals surface area contributed by atoms with Crippen LogP contribution in [0.25, 0.3) is 0 Å². The van der Waals surface area contributed by atoms with Gasteiger partial charge >= 0.3 is 0 Å². The van der Waals surface area contributed by atoms with Crippen LogP contribution >= 0.6 is 11.3 Å². The Hall–Kier alpha value is -2.97. The minimum atomic E-state index is -0.614. The third-order valence-electron chi connectivity index (χ3n) is 3.53. The number of amides is 1. The van der Waals surface area contributed by atoms with Gasteiger partial charge in [0.1, 0.15) is 10.7 Å². The standard InChI is InChI=1S/C19H17FN2O4S/c1-24-10-18-22-14(11-27-18)19(23)21-12-7-8-15(13(20)9-12)26-17-6-4-3-5-16(17)25-2/h3-9,11H,10H2,1-2H3,(H,21,23). The minimum Gasteiger partial charge on any atom is -0.493 e. The number of benzene rings is 2. The molecule has 3 aromatic rings. The summed E-state index contributed by atoms with van der Waals surface area (Å²) in [5.41, 5.74) is 0.549. The number of nitrogens with zero attached hydrogens (tertiary/aromatic N) is 1. The van der Waals surface area contributed by atoms with Crippen LogP contribution in [0.3, 0.4) is 0 Å². The van der Waals surface area contributed by atoms with Gasteiger partial charge in [-0.1, -0.05) is 12.1 Å². The number of hydrogen-bond acceptors (Lipinski definition) is 6. The summed E-state index contributed by atoms with van der Waals surface area (Å²) in [6, 6.07) is 11.1. The number of para-hydroxylation sites is 2. The van der Waals surface area contributed by atoms with Gasteiger partial charge in [-0.3, -0.25) is 4.79 Å². The molecule has 140 valence electrons. The molecular weight excluding hydrogens is 371 g/mol. The molecule has 0 fully saturated rings. The lowest BCUT2D eigenvalue weighted by Gasteiger charge is -2.11. The molecule has 8 heteroatoms. The predicted octanol–water partition coefficient (Wildman–Crippen LogP) is 4.48. The molecule has 0 radical (unpaired) electrons. The fraction of sp³-hybridized carbons (Fsp3) is 0.158. The molecule has 3 rings (SSSR count). The Morgan fingerprint density at radius 2 is 1.93 bits per heavy atom. The molecule has 6 nitrogen and oxygen atoms in total. The van der Waals surface area contributed by atoms with Crippen molar-refractivity contribution in [2.75, 3.05) is 19.5 Å². The van der Waals surface area contributed by atoms with Crippen LogP contribution in [0.4, 0.5) is 10.1 Å². The highest BCUT2D eigenvalue weighted by atomic mass is 32.1. The van der Waals surface area contributed by atoms with E-state index in [0.717, 1.165) is 0 Å². The summed E-state index contributed by atoms with van der Waals surface area (Å²) in [6.07, 6.45) is 0. The maximum absolute atomic E-state index is 14.4. The molecule has 2 aromatic carbocycles. The molecule has 1 N–H and O–H groups in total. The van der Waals surface area contributed by atoms with Crippen LogP contribution in [0, 0.1) is 5.82 Å². The summed E-state index contributed by atoms with van der Waals surface area (Å²) in [4.78, 5) is 16.4. The lowest BCUT2D eigenvalue weighted by molar-refractivity contribution is 0.102. The van der Waals surface area contributed by atoms with Crippen molar-refractivity contribution in [1.29, 1.82) is 0 Å². The van der Waals surface area contributed by atoms with E-state index in [2.05, 4.69) is 10.3 Å². The smallest absolute Gasteiger partial charge is 0.275 e. The van der Waals surface area contributed by atoms with Gasteiger partial charge in [0.05, 0.1) is 13.7 Å². The van der Waals surface area contributed by atoms with E-state index < -0.39 is 11.7 Å². The van der Waals surface area contributed by atoms with Crippen molar-refractivity contribution < 1.29 is 23.4 Å². The molecule has 1 amide bonds. The Kier molecular flexibility index (Phi) is 6.00. The van der Waals surface area contributed by atoms with Crippen molar-refractivity contribution in [2.24, 2.45) is 0 Å². The number of nitrogens with one attached hydrogen (secondary N) is 1. The largest absolute Gasteiger partial charge is 0.493 e. The number of hydrogen-bond donors (Lipinski definition) is 1. The third kappa shape index (κ3) is 4.60. The van der Waals surface area contributed by atoms with E-state index >= 15 is 0 Å². The van der Waals surface area contributed by atoms with Crippen LogP contribution in [-0.4, -0.2) is 25.1 Å². The molecule has 1 aromatic heterocycles. The van der Waals surface area contributed by atoms with E-state index in [-0.39, 0.29) is 11.4 Å². The molecule has 0 aliphatic heterocycles. The highest BCUT2D eigenvalue weighted by Crippen LogP contribution is 2.33. The van der Waals surface area contributed by atoms with Gasteiger partial charge in [-0.15, -0.1) is 11.3 Å². The molecule has 0 aliphatic carbocycles. The van der Waals surface area contributed by atoms with E-state index in [1.165, 1.54) is 30.6 Å². The van der Waals surface area contributed by atoms with Gasteiger partial charge in [-0.25, -0.2) is 9.37 Å². The van der Waals surface area contributed by atoms with Gasteiger partial charge in [0.25, 0.3) is 5.91 Å². The molecule has 0 atom stereocenters. The van der Waals surface area contributed by atoms with Gasteiger partial charge in [-0.2, -0.15) is 0 Å². The van der Waals surface area contributed by atoms with E-state index in [1.807, 2.05) is 0 Å². The Morgan fingerprint density at radius 3 is 2.63 bits per heavy atom. The number of carbonyl (C=O) groups is 1. The molecule has 0 saturated heterocycles. The zero-order valence-electron chi connectivity index (χ0n) is 14.7. The lowest BCUT2D eigenvalue weighted by atomic mass is 10.2. The number of methoxy groups -OCH3 is 2. The normalized spacial score (nSPS) is 10.5. The van der Waals surface area contributed by atoms with Gasteiger partial charge in [-0.05, 0) is 24.3 Å².